The molecule has 0 aliphatic heterocycles. The van der Waals surface area contributed by atoms with Gasteiger partial charge in [-0.25, -0.2) is 4.79 Å². The molecular formula is C47H82Cl3IN2O7SSiSn. The maximum atomic E-state index is 13.9. The molecule has 0 saturated carbocycles. The molecule has 0 fully saturated rings. The molecule has 9 nitrogen and oxygen atoms in total. The Hall–Kier alpha value is -0.104. The van der Waals surface area contributed by atoms with Crippen molar-refractivity contribution in [2.24, 2.45) is 0 Å². The second kappa shape index (κ2) is 29.7. The number of alkyl halides is 3. The third kappa shape index (κ3) is 21.4. The molecule has 1 aromatic rings. The van der Waals surface area contributed by atoms with Crippen molar-refractivity contribution in [3.05, 3.63) is 35.9 Å². The normalized spacial score (nSPS) is 15.2. The van der Waals surface area contributed by atoms with E-state index in [1.165, 1.54) is 77.0 Å². The fourth-order valence-electron chi connectivity index (χ4n) is 8.61. The first-order valence-corrected chi connectivity index (χ1v) is 36.4. The molecule has 1 aromatic heterocycles. The molecule has 1 amide bonds. The van der Waals surface area contributed by atoms with Crippen LogP contribution in [-0.2, 0) is 34.6 Å². The number of alkyl carbamates (subject to hydrolysis) is 1. The van der Waals surface area contributed by atoms with Crippen LogP contribution in [0.25, 0.3) is 0 Å². The molecule has 0 spiro atoms. The zero-order valence-corrected chi connectivity index (χ0v) is 50.1. The van der Waals surface area contributed by atoms with Gasteiger partial charge in [-0.15, -0.1) is 0 Å². The van der Waals surface area contributed by atoms with E-state index in [1.807, 2.05) is 30.2 Å². The minimum atomic E-state index is -2.74. The number of aromatic nitrogens is 1. The van der Waals surface area contributed by atoms with Gasteiger partial charge >= 0.3 is 276 Å². The summed E-state index contributed by atoms with van der Waals surface area (Å²) in [4.78, 5) is 45.3. The fourth-order valence-corrected chi connectivity index (χ4v) is 29.5. The number of nitrogens with zero attached hydrogens (tertiary/aromatic N) is 1. The molecule has 1 N–H and O–H groups in total. The van der Waals surface area contributed by atoms with Crippen LogP contribution in [-0.4, -0.2) is 84.0 Å². The molecule has 0 saturated heterocycles. The summed E-state index contributed by atoms with van der Waals surface area (Å²) < 4.78 is 30.9. The van der Waals surface area contributed by atoms with Gasteiger partial charge in [0, 0.05) is 6.42 Å². The van der Waals surface area contributed by atoms with Crippen LogP contribution in [0, 0.1) is 0 Å². The number of unbranched alkanes of at least 4 members (excludes halogenated alkanes) is 3. The van der Waals surface area contributed by atoms with Crippen LogP contribution in [0.1, 0.15) is 171 Å². The molecule has 0 aliphatic carbocycles. The van der Waals surface area contributed by atoms with Crippen molar-refractivity contribution in [2.75, 3.05) is 6.61 Å². The van der Waals surface area contributed by atoms with Crippen LogP contribution in [0.2, 0.25) is 29.9 Å². The van der Waals surface area contributed by atoms with E-state index in [2.05, 4.69) is 94.3 Å². The topological polar surface area (TPSA) is 113 Å². The summed E-state index contributed by atoms with van der Waals surface area (Å²) in [5, 5.41) is 5.64. The molecular weight excluding hydrogens is 1120 g/mol. The van der Waals surface area contributed by atoms with E-state index in [-0.39, 0.29) is 24.4 Å². The number of thiazole rings is 1. The molecule has 1 rings (SSSR count). The molecule has 0 aromatic carbocycles. The van der Waals surface area contributed by atoms with Crippen molar-refractivity contribution < 1.29 is 33.0 Å². The summed E-state index contributed by atoms with van der Waals surface area (Å²) in [6, 6.07) is -0.677. The Morgan fingerprint density at radius 3 is 1.90 bits per heavy atom. The summed E-state index contributed by atoms with van der Waals surface area (Å²) in [5.74, 6) is -0.940. The van der Waals surface area contributed by atoms with Gasteiger partial charge < -0.3 is 14.8 Å². The Kier molecular flexibility index (Phi) is 28.7. The van der Waals surface area contributed by atoms with E-state index in [9.17, 15) is 14.4 Å². The number of rotatable bonds is 30. The van der Waals surface area contributed by atoms with Crippen LogP contribution < -0.4 is 5.32 Å². The SMILES string of the molecule is CCC[CH2][Sn](/[CH]=C\C(=O)O[C@H](CO[Si](C(C)C)(C(C)C)C(C)C)Cc1nc([C@@H](C)C[C@H](CC(=O)O[C@@H](C)C/C(C)=C/I)NC(=O)OC(C)(C)C(Cl)(Cl)Cl)cs1)([CH2]CCC)[CH2]CCC. The van der Waals surface area contributed by atoms with E-state index in [1.54, 1.807) is 6.08 Å². The Morgan fingerprint density at radius 2 is 1.43 bits per heavy atom. The predicted molar refractivity (Wildman–Crippen MR) is 280 cm³/mol. The van der Waals surface area contributed by atoms with Crippen LogP contribution in [0.4, 0.5) is 4.79 Å². The van der Waals surface area contributed by atoms with Crippen LogP contribution >= 0.6 is 68.7 Å². The van der Waals surface area contributed by atoms with Crippen LogP contribution in [0.3, 0.4) is 0 Å². The molecule has 0 bridgehead atoms. The van der Waals surface area contributed by atoms with Crippen molar-refractivity contribution in [3.63, 3.8) is 0 Å². The molecule has 364 valence electrons. The van der Waals surface area contributed by atoms with Gasteiger partial charge in [0.2, 0.25) is 3.79 Å². The number of carbonyl (C=O) groups is 3. The van der Waals surface area contributed by atoms with Crippen LogP contribution in [0.5, 0.6) is 0 Å². The van der Waals surface area contributed by atoms with Crippen molar-refractivity contribution in [1.29, 1.82) is 0 Å². The molecule has 16 heteroatoms. The number of ether oxygens (including phenoxy) is 3. The number of carbonyl (C=O) groups excluding carboxylic acids is 3. The zero-order chi connectivity index (χ0) is 48.2. The average molecular weight is 1200 g/mol. The summed E-state index contributed by atoms with van der Waals surface area (Å²) in [6.45, 7) is 29.4. The van der Waals surface area contributed by atoms with Gasteiger partial charge in [0.1, 0.15) is 6.10 Å². The van der Waals surface area contributed by atoms with Gasteiger partial charge in [-0.05, 0) is 31.8 Å². The monoisotopic (exact) mass is 1200 g/mol. The average Bonchev–Trinajstić information content (AvgIpc) is 3.64. The van der Waals surface area contributed by atoms with Crippen molar-refractivity contribution in [3.8, 4) is 0 Å². The van der Waals surface area contributed by atoms with Crippen molar-refractivity contribution >= 4 is 113 Å². The van der Waals surface area contributed by atoms with Gasteiger partial charge in [0.25, 0.3) is 0 Å². The summed E-state index contributed by atoms with van der Waals surface area (Å²) in [6.07, 6.45) is 8.47. The van der Waals surface area contributed by atoms with Gasteiger partial charge in [-0.2, -0.15) is 0 Å². The van der Waals surface area contributed by atoms with E-state index >= 15 is 0 Å². The Bertz CT molecular complexity index is 1550. The fraction of sp³-hybridized carbons (Fsp3) is 0.787. The van der Waals surface area contributed by atoms with E-state index in [0.717, 1.165) is 16.3 Å². The van der Waals surface area contributed by atoms with Crippen LogP contribution in [0.15, 0.2) is 25.2 Å². The molecule has 0 radical (unpaired) electrons. The zero-order valence-electron chi connectivity index (χ0n) is 41.0. The maximum absolute atomic E-state index is 13.9. The molecule has 0 aliphatic rings. The van der Waals surface area contributed by atoms with Crippen molar-refractivity contribution in [2.45, 2.75) is 225 Å². The Balaban J connectivity index is 3.50. The number of hydrogen-bond donors (Lipinski definition) is 1. The third-order valence-electron chi connectivity index (χ3n) is 12.2. The summed E-state index contributed by atoms with van der Waals surface area (Å²) in [5.41, 5.74) is 1.55. The molecule has 4 atom stereocenters. The predicted octanol–water partition coefficient (Wildman–Crippen LogP) is 15.5. The summed E-state index contributed by atoms with van der Waals surface area (Å²) in [7, 11) is -2.28. The van der Waals surface area contributed by atoms with E-state index in [4.69, 9.17) is 58.4 Å². The standard InChI is InChI=1S/C35H55Cl3IN2O7SSi.3C4H9.Sn/c1-13-31(42)47-28(19-45-50(21(2)3,22(4)5)23(6)7)17-30-41-29(20-49-30)25(9)15-27(16-32(43)46-26(10)14-24(8)18-39)40-33(44)48-34(11,12)35(36,37)38;3*1-3-4-2;/h1,13,18,20-23,25-28H,14-17,19H2,2-12H3,(H,40,44);3*1,3-4H2,2H3;/b13-1?,24-18+;;;;/t25-,26-,27+,28-;;;;/m0..../s1. The number of esters is 2. The first-order chi connectivity index (χ1) is 29.3. The number of hydrogen-bond acceptors (Lipinski definition) is 9. The van der Waals surface area contributed by atoms with E-state index < -0.39 is 60.3 Å². The van der Waals surface area contributed by atoms with E-state index in [0.29, 0.717) is 42.5 Å². The molecule has 0 unspecified atom stereocenters. The molecule has 1 heterocycles. The Labute approximate surface area is 420 Å². The number of amides is 1. The first-order valence-electron chi connectivity index (χ1n) is 23.3. The first kappa shape index (κ1) is 60.9. The van der Waals surface area contributed by atoms with Gasteiger partial charge in [0.15, 0.2) is 5.60 Å². The number of halogens is 4. The van der Waals surface area contributed by atoms with Gasteiger partial charge in [-0.3, -0.25) is 4.79 Å². The second-order valence-electron chi connectivity index (χ2n) is 19.1. The third-order valence-corrected chi connectivity index (χ3v) is 35.6. The quantitative estimate of drug-likeness (QED) is 0.0202. The number of nitrogens with one attached hydrogen (secondary N) is 1. The summed E-state index contributed by atoms with van der Waals surface area (Å²) >= 11 is 19.2. The van der Waals surface area contributed by atoms with Gasteiger partial charge in [-0.1, -0.05) is 63.0 Å². The van der Waals surface area contributed by atoms with Gasteiger partial charge in [0.05, 0.1) is 6.42 Å². The minimum absolute atomic E-state index is 0.0982. The van der Waals surface area contributed by atoms with Crippen molar-refractivity contribution in [1.82, 2.24) is 10.3 Å². The molecule has 63 heavy (non-hydrogen) atoms. The Morgan fingerprint density at radius 1 is 0.889 bits per heavy atom. The second-order valence-corrected chi connectivity index (χ2v) is 41.4.